The minimum absolute atomic E-state index is 0.159. The summed E-state index contributed by atoms with van der Waals surface area (Å²) in [6.45, 7) is 4.89. The molecular formula is C14H15F2NO3. The Morgan fingerprint density at radius 1 is 1.50 bits per heavy atom. The van der Waals surface area contributed by atoms with Gasteiger partial charge in [-0.1, -0.05) is 6.58 Å². The van der Waals surface area contributed by atoms with Crippen molar-refractivity contribution in [3.8, 4) is 5.75 Å². The maximum atomic E-state index is 13.0. The Morgan fingerprint density at radius 3 is 3.00 bits per heavy atom. The van der Waals surface area contributed by atoms with Crippen LogP contribution in [0.3, 0.4) is 0 Å². The quantitative estimate of drug-likeness (QED) is 0.790. The van der Waals surface area contributed by atoms with Gasteiger partial charge in [-0.05, 0) is 18.2 Å². The lowest BCUT2D eigenvalue weighted by atomic mass is 10.2. The van der Waals surface area contributed by atoms with Crippen molar-refractivity contribution >= 4 is 5.91 Å². The first kappa shape index (κ1) is 14.5. The fourth-order valence-electron chi connectivity index (χ4n) is 1.91. The Kier molecular flexibility index (Phi) is 4.68. The molecule has 4 nitrogen and oxygen atoms in total. The van der Waals surface area contributed by atoms with Crippen LogP contribution in [0.2, 0.25) is 0 Å². The van der Waals surface area contributed by atoms with Gasteiger partial charge in [0.05, 0.1) is 13.2 Å². The van der Waals surface area contributed by atoms with E-state index in [2.05, 4.69) is 6.58 Å². The summed E-state index contributed by atoms with van der Waals surface area (Å²) in [6, 6.07) is 3.32. The number of nitrogens with zero attached hydrogens (tertiary/aromatic N) is 1. The van der Waals surface area contributed by atoms with Crippen LogP contribution in [-0.4, -0.2) is 43.2 Å². The molecule has 0 bridgehead atoms. The summed E-state index contributed by atoms with van der Waals surface area (Å²) in [4.78, 5) is 13.1. The van der Waals surface area contributed by atoms with E-state index >= 15 is 0 Å². The molecule has 108 valence electrons. The van der Waals surface area contributed by atoms with Gasteiger partial charge in [0.15, 0.2) is 11.6 Å². The molecule has 2 rings (SSSR count). The Morgan fingerprint density at radius 2 is 2.30 bits per heavy atom. The van der Waals surface area contributed by atoms with Crippen LogP contribution in [0.25, 0.3) is 0 Å². The summed E-state index contributed by atoms with van der Waals surface area (Å²) >= 11 is 0. The molecule has 0 N–H and O–H groups in total. The number of carbonyl (C=O) groups excluding carboxylic acids is 1. The van der Waals surface area contributed by atoms with Crippen molar-refractivity contribution in [2.24, 2.45) is 0 Å². The van der Waals surface area contributed by atoms with Crippen molar-refractivity contribution < 1.29 is 23.0 Å². The largest absolute Gasteiger partial charge is 0.491 e. The molecule has 0 aromatic heterocycles. The number of amides is 1. The molecule has 20 heavy (non-hydrogen) atoms. The molecule has 0 spiro atoms. The van der Waals surface area contributed by atoms with E-state index in [-0.39, 0.29) is 24.4 Å². The highest BCUT2D eigenvalue weighted by Gasteiger charge is 2.23. The van der Waals surface area contributed by atoms with E-state index in [1.165, 1.54) is 12.1 Å². The molecule has 0 radical (unpaired) electrons. The summed E-state index contributed by atoms with van der Waals surface area (Å²) < 4.78 is 36.6. The third-order valence-electron chi connectivity index (χ3n) is 2.95. The van der Waals surface area contributed by atoms with E-state index in [4.69, 9.17) is 9.47 Å². The number of benzene rings is 1. The van der Waals surface area contributed by atoms with Crippen LogP contribution in [0.15, 0.2) is 30.9 Å². The topological polar surface area (TPSA) is 38.8 Å². The van der Waals surface area contributed by atoms with Gasteiger partial charge in [-0.15, -0.1) is 0 Å². The number of rotatable bonds is 4. The van der Waals surface area contributed by atoms with Crippen LogP contribution in [0, 0.1) is 11.6 Å². The van der Waals surface area contributed by atoms with Gasteiger partial charge in [0.1, 0.15) is 18.5 Å². The predicted octanol–water partition coefficient (Wildman–Crippen LogP) is 1.76. The average Bonchev–Trinajstić information content (AvgIpc) is 2.48. The number of ether oxygens (including phenoxy) is 2. The monoisotopic (exact) mass is 283 g/mol. The van der Waals surface area contributed by atoms with E-state index in [0.717, 1.165) is 12.1 Å². The molecule has 1 aromatic rings. The minimum atomic E-state index is -0.962. The van der Waals surface area contributed by atoms with Crippen molar-refractivity contribution in [1.29, 1.82) is 0 Å². The Balaban J connectivity index is 1.88. The van der Waals surface area contributed by atoms with Gasteiger partial charge < -0.3 is 14.4 Å². The van der Waals surface area contributed by atoms with Crippen molar-refractivity contribution in [2.45, 2.75) is 6.10 Å². The lowest BCUT2D eigenvalue weighted by molar-refractivity contribution is -0.134. The van der Waals surface area contributed by atoms with E-state index < -0.39 is 11.6 Å². The minimum Gasteiger partial charge on any atom is -0.491 e. The fraction of sp³-hybridized carbons (Fsp3) is 0.357. The standard InChI is InChI=1S/C14H15F2NO3/c1-2-14(18)17-5-6-19-11(8-17)9-20-10-3-4-12(15)13(16)7-10/h2-4,7,11H,1,5-6,8-9H2/t11-/m1/s1. The normalized spacial score (nSPS) is 18.7. The molecule has 1 aliphatic heterocycles. The van der Waals surface area contributed by atoms with E-state index in [1.807, 2.05) is 0 Å². The number of hydrogen-bond donors (Lipinski definition) is 0. The van der Waals surface area contributed by atoms with E-state index in [0.29, 0.717) is 19.7 Å². The first-order valence-corrected chi connectivity index (χ1v) is 6.21. The van der Waals surface area contributed by atoms with Crippen molar-refractivity contribution in [1.82, 2.24) is 4.90 Å². The molecule has 6 heteroatoms. The SMILES string of the molecule is C=CC(=O)N1CCO[C@@H](COc2ccc(F)c(F)c2)C1. The molecule has 0 saturated carbocycles. The summed E-state index contributed by atoms with van der Waals surface area (Å²) in [6.07, 6.45) is 0.944. The molecule has 0 unspecified atom stereocenters. The first-order valence-electron chi connectivity index (χ1n) is 6.21. The van der Waals surface area contributed by atoms with Crippen molar-refractivity contribution in [3.05, 3.63) is 42.5 Å². The smallest absolute Gasteiger partial charge is 0.246 e. The van der Waals surface area contributed by atoms with Gasteiger partial charge in [0.25, 0.3) is 0 Å². The Bertz CT molecular complexity index is 507. The predicted molar refractivity (Wildman–Crippen MR) is 68.4 cm³/mol. The van der Waals surface area contributed by atoms with Crippen molar-refractivity contribution in [3.63, 3.8) is 0 Å². The second-order valence-electron chi connectivity index (χ2n) is 4.37. The second kappa shape index (κ2) is 6.47. The lowest BCUT2D eigenvalue weighted by Gasteiger charge is -2.32. The molecule has 1 aliphatic rings. The summed E-state index contributed by atoms with van der Waals surface area (Å²) in [5.41, 5.74) is 0. The van der Waals surface area contributed by atoms with Crippen LogP contribution in [0.5, 0.6) is 5.75 Å². The molecule has 1 atom stereocenters. The lowest BCUT2D eigenvalue weighted by Crippen LogP contribution is -2.47. The number of carbonyl (C=O) groups is 1. The van der Waals surface area contributed by atoms with Crippen LogP contribution in [0.1, 0.15) is 0 Å². The highest BCUT2D eigenvalue weighted by Crippen LogP contribution is 2.16. The molecule has 1 fully saturated rings. The van der Waals surface area contributed by atoms with Crippen LogP contribution >= 0.6 is 0 Å². The number of halogens is 2. The number of hydrogen-bond acceptors (Lipinski definition) is 3. The summed E-state index contributed by atoms with van der Waals surface area (Å²) in [5, 5.41) is 0. The molecule has 0 aliphatic carbocycles. The molecule has 1 aromatic carbocycles. The van der Waals surface area contributed by atoms with Gasteiger partial charge in [0.2, 0.25) is 5.91 Å². The van der Waals surface area contributed by atoms with Crippen molar-refractivity contribution in [2.75, 3.05) is 26.3 Å². The van der Waals surface area contributed by atoms with E-state index in [1.54, 1.807) is 4.90 Å². The molecule has 1 saturated heterocycles. The van der Waals surface area contributed by atoms with Gasteiger partial charge in [0, 0.05) is 12.6 Å². The fourth-order valence-corrected chi connectivity index (χ4v) is 1.91. The van der Waals surface area contributed by atoms with Crippen LogP contribution in [-0.2, 0) is 9.53 Å². The number of morpholine rings is 1. The highest BCUT2D eigenvalue weighted by molar-refractivity contribution is 5.87. The Hall–Kier alpha value is -1.95. The second-order valence-corrected chi connectivity index (χ2v) is 4.37. The molecule has 1 heterocycles. The first-order chi connectivity index (χ1) is 9.60. The maximum Gasteiger partial charge on any atom is 0.246 e. The van der Waals surface area contributed by atoms with Crippen LogP contribution < -0.4 is 4.74 Å². The maximum absolute atomic E-state index is 13.0. The van der Waals surface area contributed by atoms with Crippen LogP contribution in [0.4, 0.5) is 8.78 Å². The molecular weight excluding hydrogens is 268 g/mol. The zero-order chi connectivity index (χ0) is 14.5. The zero-order valence-electron chi connectivity index (χ0n) is 10.9. The zero-order valence-corrected chi connectivity index (χ0v) is 10.9. The third kappa shape index (κ3) is 3.54. The van der Waals surface area contributed by atoms with Gasteiger partial charge in [-0.2, -0.15) is 0 Å². The van der Waals surface area contributed by atoms with Gasteiger partial charge >= 0.3 is 0 Å². The van der Waals surface area contributed by atoms with Gasteiger partial charge in [-0.3, -0.25) is 4.79 Å². The summed E-state index contributed by atoms with van der Waals surface area (Å²) in [5.74, 6) is -1.82. The van der Waals surface area contributed by atoms with E-state index in [9.17, 15) is 13.6 Å². The highest BCUT2D eigenvalue weighted by atomic mass is 19.2. The third-order valence-corrected chi connectivity index (χ3v) is 2.95. The Labute approximate surface area is 115 Å². The molecule has 1 amide bonds. The summed E-state index contributed by atoms with van der Waals surface area (Å²) in [7, 11) is 0. The van der Waals surface area contributed by atoms with Gasteiger partial charge in [-0.25, -0.2) is 8.78 Å². The average molecular weight is 283 g/mol.